The van der Waals surface area contributed by atoms with Crippen molar-refractivity contribution in [3.63, 3.8) is 0 Å². The number of aryl methyl sites for hydroxylation is 1. The molecule has 2 fully saturated rings. The van der Waals surface area contributed by atoms with Crippen LogP contribution in [0.2, 0.25) is 0 Å². The highest BCUT2D eigenvalue weighted by atomic mass is 32.3. The van der Waals surface area contributed by atoms with Gasteiger partial charge in [0.05, 0.1) is 17.0 Å². The van der Waals surface area contributed by atoms with Crippen molar-refractivity contribution in [1.82, 2.24) is 15.0 Å². The number of pyridine rings is 1. The number of β-lactam (4-membered cyclic amide) rings is 1. The fourth-order valence-corrected chi connectivity index (χ4v) is 6.23. The van der Waals surface area contributed by atoms with Gasteiger partial charge in [-0.25, -0.2) is 9.78 Å². The average Bonchev–Trinajstić information content (AvgIpc) is 3.40. The van der Waals surface area contributed by atoms with Gasteiger partial charge in [0.1, 0.15) is 18.1 Å². The van der Waals surface area contributed by atoms with Gasteiger partial charge in [0.2, 0.25) is 0 Å². The molecule has 2 aliphatic rings. The summed E-state index contributed by atoms with van der Waals surface area (Å²) in [5.74, 6) is -2.95. The first-order chi connectivity index (χ1) is 21.7. The second-order valence-electron chi connectivity index (χ2n) is 11.7. The number of nitrogens with zero attached hydrogens (tertiary/aromatic N) is 4. The molecule has 5 rings (SSSR count). The zero-order chi connectivity index (χ0) is 33.2. The lowest BCUT2D eigenvalue weighted by atomic mass is 9.74. The van der Waals surface area contributed by atoms with Crippen LogP contribution in [0.4, 0.5) is 5.13 Å². The van der Waals surface area contributed by atoms with Gasteiger partial charge in [0.25, 0.3) is 12.0 Å². The van der Waals surface area contributed by atoms with Crippen molar-refractivity contribution < 1.29 is 46.3 Å². The number of benzene rings is 1. The maximum absolute atomic E-state index is 13.3. The second-order valence-corrected chi connectivity index (χ2v) is 13.6. The third-order valence-corrected chi connectivity index (χ3v) is 9.17. The van der Waals surface area contributed by atoms with Crippen LogP contribution in [0.15, 0.2) is 40.9 Å². The van der Waals surface area contributed by atoms with Crippen molar-refractivity contribution in [1.29, 1.82) is 0 Å². The van der Waals surface area contributed by atoms with Crippen LogP contribution >= 0.6 is 11.3 Å². The molecule has 17 heteroatoms. The van der Waals surface area contributed by atoms with Crippen LogP contribution in [0.1, 0.15) is 57.3 Å². The summed E-state index contributed by atoms with van der Waals surface area (Å²) in [5.41, 5.74) is 5.81. The number of carbonyl (C=O) groups is 3. The molecule has 246 valence electrons. The maximum Gasteiger partial charge on any atom is 0.418 e. The van der Waals surface area contributed by atoms with Gasteiger partial charge in [-0.3, -0.25) is 19.1 Å². The van der Waals surface area contributed by atoms with Crippen molar-refractivity contribution >= 4 is 61.1 Å². The fraction of sp³-hybridized carbons (Fsp3) is 0.448. The van der Waals surface area contributed by atoms with E-state index < -0.39 is 64.4 Å². The van der Waals surface area contributed by atoms with E-state index >= 15 is 0 Å². The summed E-state index contributed by atoms with van der Waals surface area (Å²) < 4.78 is 41.2. The molecule has 2 aromatic heterocycles. The lowest BCUT2D eigenvalue weighted by molar-refractivity contribution is -0.228. The molecule has 3 aromatic rings. The minimum atomic E-state index is -4.98. The van der Waals surface area contributed by atoms with E-state index in [1.54, 1.807) is 18.2 Å². The Balaban J connectivity index is 1.26. The largest absolute Gasteiger partial charge is 0.489 e. The molecule has 1 amide bonds. The number of carboxylic acid groups (broad SMARTS) is 1. The first kappa shape index (κ1) is 33.2. The molecule has 1 saturated carbocycles. The number of amides is 1. The lowest BCUT2D eigenvalue weighted by Gasteiger charge is -2.50. The van der Waals surface area contributed by atoms with Gasteiger partial charge < -0.3 is 20.4 Å². The third-order valence-electron chi connectivity index (χ3n) is 8.16. The Hall–Kier alpha value is -4.19. The number of aliphatic carboxylic acids is 1. The Kier molecular flexibility index (Phi) is 9.57. The van der Waals surface area contributed by atoms with Gasteiger partial charge >= 0.3 is 16.4 Å². The van der Waals surface area contributed by atoms with E-state index in [1.165, 1.54) is 38.5 Å². The minimum absolute atomic E-state index is 0.0118. The molecule has 3 heterocycles. The normalized spacial score (nSPS) is 18.9. The molecule has 46 heavy (non-hydrogen) atoms. The van der Waals surface area contributed by atoms with Crippen LogP contribution in [0.5, 0.6) is 5.75 Å². The number of ketones is 1. The van der Waals surface area contributed by atoms with Gasteiger partial charge in [-0.15, -0.1) is 15.6 Å². The molecule has 0 bridgehead atoms. The first-order valence-corrected chi connectivity index (χ1v) is 16.7. The van der Waals surface area contributed by atoms with Crippen molar-refractivity contribution in [3.05, 3.63) is 47.1 Å². The second kappa shape index (κ2) is 13.3. The highest BCUT2D eigenvalue weighted by Crippen LogP contribution is 2.40. The number of oxime groups is 1. The van der Waals surface area contributed by atoms with Crippen LogP contribution in [0.3, 0.4) is 0 Å². The number of nitrogens with two attached hydrogens (primary N) is 1. The number of nitrogen functional groups attached to an aromatic ring is 1. The van der Waals surface area contributed by atoms with Crippen LogP contribution in [0, 0.1) is 11.8 Å². The predicted molar refractivity (Wildman–Crippen MR) is 165 cm³/mol. The van der Waals surface area contributed by atoms with E-state index in [4.69, 9.17) is 24.8 Å². The zero-order valence-electron chi connectivity index (χ0n) is 25.0. The zero-order valence-corrected chi connectivity index (χ0v) is 26.6. The topological polar surface area (TPSA) is 221 Å². The van der Waals surface area contributed by atoms with E-state index in [1.807, 2.05) is 12.1 Å². The molecule has 0 spiro atoms. The van der Waals surface area contributed by atoms with Crippen LogP contribution in [-0.4, -0.2) is 74.7 Å². The average molecular weight is 676 g/mol. The van der Waals surface area contributed by atoms with Crippen molar-refractivity contribution in [2.45, 2.75) is 64.0 Å². The molecule has 1 saturated heterocycles. The molecule has 2 atom stereocenters. The molecule has 1 unspecified atom stereocenters. The fourth-order valence-electron chi connectivity index (χ4n) is 5.23. The van der Waals surface area contributed by atoms with Gasteiger partial charge in [-0.05, 0) is 56.9 Å². The number of anilines is 1. The molecule has 1 aromatic carbocycles. The van der Waals surface area contributed by atoms with Crippen LogP contribution in [-0.2, 0) is 40.3 Å². The number of hydrogen-bond donors (Lipinski definition) is 3. The number of rotatable bonds is 15. The Morgan fingerprint density at radius 2 is 1.98 bits per heavy atom. The van der Waals surface area contributed by atoms with E-state index in [2.05, 4.69) is 14.4 Å². The summed E-state index contributed by atoms with van der Waals surface area (Å²) >= 11 is 0.995. The number of carboxylic acids is 1. The maximum atomic E-state index is 13.3. The summed E-state index contributed by atoms with van der Waals surface area (Å²) in [6.45, 7) is 2.40. The van der Waals surface area contributed by atoms with Crippen LogP contribution < -0.4 is 10.5 Å². The number of carbonyl (C=O) groups excluding carboxylic acids is 2. The Morgan fingerprint density at radius 1 is 1.22 bits per heavy atom. The number of fused-ring (bicyclic) bond motifs is 1. The number of ether oxygens (including phenoxy) is 1. The van der Waals surface area contributed by atoms with E-state index in [0.717, 1.165) is 46.7 Å². The summed E-state index contributed by atoms with van der Waals surface area (Å²) in [7, 11) is -4.98. The summed E-state index contributed by atoms with van der Waals surface area (Å²) in [6.07, 6.45) is 3.80. The van der Waals surface area contributed by atoms with Gasteiger partial charge in [0, 0.05) is 22.9 Å². The van der Waals surface area contributed by atoms with E-state index in [0.29, 0.717) is 10.8 Å². The Labute approximate surface area is 268 Å². The van der Waals surface area contributed by atoms with Gasteiger partial charge in [-0.1, -0.05) is 30.5 Å². The highest BCUT2D eigenvalue weighted by molar-refractivity contribution is 7.80. The van der Waals surface area contributed by atoms with E-state index in [-0.39, 0.29) is 10.8 Å². The molecular weight excluding hydrogens is 642 g/mol. The molecule has 15 nitrogen and oxygen atoms in total. The number of Topliss-reactive ketones (excluding diaryl/α,β-unsaturated/α-hetero) is 1. The quantitative estimate of drug-likeness (QED) is 0.0913. The molecule has 0 radical (unpaired) electrons. The molecule has 1 aliphatic heterocycles. The standard InChI is InChI=1S/C29H33N5O10S2/c1-29(2)20(26(36)34(29)44-46(39,40)41)13-23(35)25(22-15-45-28(30)32-22)33-43-24(27(37)38)14-42-19-10-11-21-17(12-19)7-9-18(31-21)8-6-16-4-3-5-16/h7,9-12,15-16,20,24H,3-6,8,13-14H2,1-2H3,(H2,30,32)(H,37,38)(H,39,40,41)/b33-25-/t20?,24-/m0/s1. The molecule has 1 aliphatic carbocycles. The lowest BCUT2D eigenvalue weighted by Crippen LogP contribution is -2.68. The SMILES string of the molecule is CC1(C)C(CC(=O)/C(=N\O[C@@H](COc2ccc3nc(CCC4CCC4)ccc3c2)C(=O)O)c2csc(N)n2)C(=O)N1OS(=O)(=O)O. The Morgan fingerprint density at radius 3 is 2.59 bits per heavy atom. The summed E-state index contributed by atoms with van der Waals surface area (Å²) in [6, 6.07) is 9.12. The Bertz CT molecular complexity index is 1790. The monoisotopic (exact) mass is 675 g/mol. The van der Waals surface area contributed by atoms with Crippen molar-refractivity contribution in [3.8, 4) is 5.75 Å². The minimum Gasteiger partial charge on any atom is -0.489 e. The van der Waals surface area contributed by atoms with Gasteiger partial charge in [-0.2, -0.15) is 13.5 Å². The number of thiazole rings is 1. The number of hydroxylamine groups is 2. The number of aromatic nitrogens is 2. The van der Waals surface area contributed by atoms with Crippen molar-refractivity contribution in [2.75, 3.05) is 12.3 Å². The predicted octanol–water partition coefficient (Wildman–Crippen LogP) is 3.19. The summed E-state index contributed by atoms with van der Waals surface area (Å²) in [4.78, 5) is 51.9. The van der Waals surface area contributed by atoms with Crippen molar-refractivity contribution in [2.24, 2.45) is 17.0 Å². The van der Waals surface area contributed by atoms with Crippen LogP contribution in [0.25, 0.3) is 10.9 Å². The highest BCUT2D eigenvalue weighted by Gasteiger charge is 2.57. The summed E-state index contributed by atoms with van der Waals surface area (Å²) in [5, 5.41) is 16.3. The first-order valence-electron chi connectivity index (χ1n) is 14.5. The smallest absolute Gasteiger partial charge is 0.418 e. The number of hydrogen-bond acceptors (Lipinski definition) is 13. The van der Waals surface area contributed by atoms with Gasteiger partial charge in [0.15, 0.2) is 16.6 Å². The molecule has 4 N–H and O–H groups in total. The molecular formula is C29H33N5O10S2. The third kappa shape index (κ3) is 7.60. The van der Waals surface area contributed by atoms with E-state index in [9.17, 15) is 27.9 Å².